The number of phenolic OH excluding ortho intramolecular Hbond substituents is 1. The van der Waals surface area contributed by atoms with E-state index in [9.17, 15) is 18.3 Å². The van der Waals surface area contributed by atoms with Crippen molar-refractivity contribution in [3.63, 3.8) is 0 Å². The zero-order valence-electron chi connectivity index (χ0n) is 17.7. The van der Waals surface area contributed by atoms with Gasteiger partial charge in [-0.3, -0.25) is 4.90 Å². The van der Waals surface area contributed by atoms with Gasteiger partial charge in [-0.2, -0.15) is 4.31 Å². The summed E-state index contributed by atoms with van der Waals surface area (Å²) < 4.78 is 32.6. The summed E-state index contributed by atoms with van der Waals surface area (Å²) in [5.74, 6) is 0.116. The zero-order valence-corrected chi connectivity index (χ0v) is 18.5. The second-order valence-corrected chi connectivity index (χ2v) is 9.85. The molecule has 1 fully saturated rings. The average molecular weight is 443 g/mol. The lowest BCUT2D eigenvalue weighted by Crippen LogP contribution is -2.48. The number of nitrogens with zero attached hydrogens (tertiary/aromatic N) is 2. The van der Waals surface area contributed by atoms with Gasteiger partial charge in [0.05, 0.1) is 4.90 Å². The van der Waals surface area contributed by atoms with Crippen LogP contribution in [0.5, 0.6) is 5.75 Å². The lowest BCUT2D eigenvalue weighted by Gasteiger charge is -2.34. The Labute approximate surface area is 181 Å². The van der Waals surface area contributed by atoms with Crippen molar-refractivity contribution in [3.8, 4) is 5.75 Å². The van der Waals surface area contributed by atoms with Gasteiger partial charge < -0.3 is 9.52 Å². The van der Waals surface area contributed by atoms with E-state index in [0.717, 1.165) is 22.1 Å². The molecule has 4 rings (SSSR count). The number of sulfonamides is 1. The minimum atomic E-state index is -3.52. The quantitative estimate of drug-likeness (QED) is 0.611. The van der Waals surface area contributed by atoms with Crippen LogP contribution in [0.15, 0.2) is 56.6 Å². The first-order valence-electron chi connectivity index (χ1n) is 10.4. The minimum absolute atomic E-state index is 0.116. The Balaban J connectivity index is 1.52. The van der Waals surface area contributed by atoms with Gasteiger partial charge in [-0.25, -0.2) is 13.2 Å². The summed E-state index contributed by atoms with van der Waals surface area (Å²) in [5.41, 5.74) is 2.51. The highest BCUT2D eigenvalue weighted by Gasteiger charge is 2.28. The third-order valence-electron chi connectivity index (χ3n) is 5.79. The Hall–Kier alpha value is -2.68. The molecule has 7 nitrogen and oxygen atoms in total. The number of piperazine rings is 1. The van der Waals surface area contributed by atoms with Crippen LogP contribution in [0.4, 0.5) is 0 Å². The smallest absolute Gasteiger partial charge is 0.336 e. The summed E-state index contributed by atoms with van der Waals surface area (Å²) in [6, 6.07) is 11.7. The van der Waals surface area contributed by atoms with Crippen LogP contribution in [0.25, 0.3) is 11.0 Å². The van der Waals surface area contributed by atoms with Crippen LogP contribution in [0.2, 0.25) is 0 Å². The first-order chi connectivity index (χ1) is 14.8. The molecule has 0 bridgehead atoms. The molecule has 1 saturated heterocycles. The van der Waals surface area contributed by atoms with Gasteiger partial charge in [-0.05, 0) is 42.7 Å². The Kier molecular flexibility index (Phi) is 5.88. The zero-order chi connectivity index (χ0) is 22.2. The maximum Gasteiger partial charge on any atom is 0.336 e. The predicted molar refractivity (Wildman–Crippen MR) is 119 cm³/mol. The molecule has 164 valence electrons. The molecule has 1 aromatic heterocycles. The van der Waals surface area contributed by atoms with Crippen LogP contribution in [0, 0.1) is 6.92 Å². The number of phenols is 1. The highest BCUT2D eigenvalue weighted by molar-refractivity contribution is 7.89. The number of hydrogen-bond acceptors (Lipinski definition) is 6. The SMILES string of the molecule is CCc1cc2c(CN3CCN(S(=O)(=O)c4ccc(C)cc4)CC3)cc(=O)oc2cc1O. The van der Waals surface area contributed by atoms with Crippen LogP contribution in [-0.4, -0.2) is 48.9 Å². The lowest BCUT2D eigenvalue weighted by molar-refractivity contribution is 0.182. The maximum absolute atomic E-state index is 12.9. The van der Waals surface area contributed by atoms with Gasteiger partial charge in [0.25, 0.3) is 0 Å². The van der Waals surface area contributed by atoms with E-state index in [2.05, 4.69) is 4.90 Å². The van der Waals surface area contributed by atoms with Crippen molar-refractivity contribution in [2.24, 2.45) is 0 Å². The summed E-state index contributed by atoms with van der Waals surface area (Å²) in [7, 11) is -3.52. The second-order valence-electron chi connectivity index (χ2n) is 7.91. The van der Waals surface area contributed by atoms with Gasteiger partial charge in [-0.15, -0.1) is 0 Å². The van der Waals surface area contributed by atoms with Crippen LogP contribution in [-0.2, 0) is 23.0 Å². The summed E-state index contributed by atoms with van der Waals surface area (Å²) in [6.07, 6.45) is 0.663. The van der Waals surface area contributed by atoms with Gasteiger partial charge in [0.1, 0.15) is 11.3 Å². The average Bonchev–Trinajstić information content (AvgIpc) is 2.74. The molecule has 0 atom stereocenters. The number of rotatable bonds is 5. The molecule has 1 N–H and O–H groups in total. The Morgan fingerprint density at radius 3 is 2.32 bits per heavy atom. The van der Waals surface area contributed by atoms with E-state index < -0.39 is 15.6 Å². The molecule has 0 unspecified atom stereocenters. The monoisotopic (exact) mass is 442 g/mol. The van der Waals surface area contributed by atoms with E-state index in [4.69, 9.17) is 4.42 Å². The van der Waals surface area contributed by atoms with Gasteiger partial charge in [0.15, 0.2) is 0 Å². The highest BCUT2D eigenvalue weighted by Crippen LogP contribution is 2.28. The number of hydrogen-bond donors (Lipinski definition) is 1. The molecular weight excluding hydrogens is 416 g/mol. The van der Waals surface area contributed by atoms with Crippen molar-refractivity contribution in [1.82, 2.24) is 9.21 Å². The van der Waals surface area contributed by atoms with Gasteiger partial charge in [0, 0.05) is 50.2 Å². The van der Waals surface area contributed by atoms with Crippen LogP contribution < -0.4 is 5.63 Å². The van der Waals surface area contributed by atoms with E-state index in [1.165, 1.54) is 16.4 Å². The molecule has 0 amide bonds. The predicted octanol–water partition coefficient (Wildman–Crippen LogP) is 2.88. The summed E-state index contributed by atoms with van der Waals surface area (Å²) >= 11 is 0. The molecule has 2 aromatic carbocycles. The molecule has 3 aromatic rings. The molecule has 1 aliphatic rings. The summed E-state index contributed by atoms with van der Waals surface area (Å²) in [6.45, 7) is 6.28. The van der Waals surface area contributed by atoms with Crippen molar-refractivity contribution in [2.45, 2.75) is 31.7 Å². The molecule has 0 aliphatic carbocycles. The van der Waals surface area contributed by atoms with E-state index in [-0.39, 0.29) is 5.75 Å². The van der Waals surface area contributed by atoms with E-state index in [1.807, 2.05) is 19.9 Å². The second kappa shape index (κ2) is 8.45. The van der Waals surface area contributed by atoms with Crippen LogP contribution >= 0.6 is 0 Å². The van der Waals surface area contributed by atoms with Crippen LogP contribution in [0.3, 0.4) is 0 Å². The largest absolute Gasteiger partial charge is 0.508 e. The normalized spacial score (nSPS) is 16.1. The number of aromatic hydroxyl groups is 1. The van der Waals surface area contributed by atoms with Crippen molar-refractivity contribution in [1.29, 1.82) is 0 Å². The molecule has 0 spiro atoms. The van der Waals surface area contributed by atoms with Crippen molar-refractivity contribution in [3.05, 3.63) is 69.6 Å². The number of fused-ring (bicyclic) bond motifs is 1. The summed E-state index contributed by atoms with van der Waals surface area (Å²) in [5, 5.41) is 10.9. The third kappa shape index (κ3) is 4.37. The lowest BCUT2D eigenvalue weighted by atomic mass is 10.0. The van der Waals surface area contributed by atoms with E-state index in [0.29, 0.717) is 49.6 Å². The molecule has 0 radical (unpaired) electrons. The van der Waals surface area contributed by atoms with Gasteiger partial charge in [0.2, 0.25) is 10.0 Å². The highest BCUT2D eigenvalue weighted by atomic mass is 32.2. The molecule has 2 heterocycles. The van der Waals surface area contributed by atoms with Gasteiger partial charge >= 0.3 is 5.63 Å². The molecular formula is C23H26N2O5S. The Morgan fingerprint density at radius 2 is 1.68 bits per heavy atom. The molecule has 1 aliphatic heterocycles. The summed E-state index contributed by atoms with van der Waals surface area (Å²) in [4.78, 5) is 14.5. The standard InChI is InChI=1S/C23H26N2O5S/c1-3-17-12-20-18(13-23(27)30-22(20)14-21(17)26)15-24-8-10-25(11-9-24)31(28,29)19-6-4-16(2)5-7-19/h4-7,12-14,26H,3,8-11,15H2,1-2H3. The van der Waals surface area contributed by atoms with Crippen molar-refractivity contribution < 1.29 is 17.9 Å². The fourth-order valence-electron chi connectivity index (χ4n) is 3.95. The first-order valence-corrected chi connectivity index (χ1v) is 11.8. The van der Waals surface area contributed by atoms with E-state index in [1.54, 1.807) is 24.3 Å². The minimum Gasteiger partial charge on any atom is -0.508 e. The Morgan fingerprint density at radius 1 is 1.00 bits per heavy atom. The first kappa shape index (κ1) is 21.5. The topological polar surface area (TPSA) is 91.1 Å². The van der Waals surface area contributed by atoms with Crippen molar-refractivity contribution >= 4 is 21.0 Å². The van der Waals surface area contributed by atoms with Crippen LogP contribution in [0.1, 0.15) is 23.6 Å². The maximum atomic E-state index is 12.9. The number of benzene rings is 2. The number of aryl methyl sites for hydroxylation is 2. The Bertz CT molecular complexity index is 1260. The molecule has 8 heteroatoms. The van der Waals surface area contributed by atoms with Crippen molar-refractivity contribution in [2.75, 3.05) is 26.2 Å². The molecule has 31 heavy (non-hydrogen) atoms. The molecule has 0 saturated carbocycles. The van der Waals surface area contributed by atoms with Gasteiger partial charge in [-0.1, -0.05) is 24.6 Å². The van der Waals surface area contributed by atoms with E-state index >= 15 is 0 Å². The fraction of sp³-hybridized carbons (Fsp3) is 0.348. The fourth-order valence-corrected chi connectivity index (χ4v) is 5.37. The third-order valence-corrected chi connectivity index (χ3v) is 7.71.